The molecule has 2 aromatic heterocycles. The van der Waals surface area contributed by atoms with Crippen LogP contribution in [0.4, 0.5) is 5.95 Å². The number of aromatic nitrogens is 4. The Labute approximate surface area is 230 Å². The SMILES string of the molecule is CCOC(=O)C(C)NP(=O)(NC(C)C(=O)OCC)OC[C@H]1O[C@@H](n2cnc3c(OC)nc(N)nc32)C(C)(O)[C@H]1O. The van der Waals surface area contributed by atoms with Crippen LogP contribution in [0, 0.1) is 0 Å². The Morgan fingerprint density at radius 2 is 1.77 bits per heavy atom. The Morgan fingerprint density at radius 3 is 2.30 bits per heavy atom. The van der Waals surface area contributed by atoms with E-state index in [9.17, 15) is 24.4 Å². The predicted octanol–water partition coefficient (Wildman–Crippen LogP) is -0.366. The van der Waals surface area contributed by atoms with E-state index in [2.05, 4.69) is 25.1 Å². The highest BCUT2D eigenvalue weighted by molar-refractivity contribution is 7.54. The van der Waals surface area contributed by atoms with Crippen molar-refractivity contribution >= 4 is 36.7 Å². The molecule has 0 amide bonds. The number of nitrogens with two attached hydrogens (primary N) is 1. The molecule has 18 heteroatoms. The highest BCUT2D eigenvalue weighted by Gasteiger charge is 2.54. The summed E-state index contributed by atoms with van der Waals surface area (Å²) in [5, 5.41) is 27.2. The molecular formula is C22H36N7O10P. The molecule has 3 heterocycles. The number of methoxy groups -OCH3 is 1. The van der Waals surface area contributed by atoms with Gasteiger partial charge in [0.15, 0.2) is 17.4 Å². The van der Waals surface area contributed by atoms with Crippen molar-refractivity contribution in [2.24, 2.45) is 0 Å². The number of nitrogens with one attached hydrogen (secondary N) is 2. The van der Waals surface area contributed by atoms with Crippen LogP contribution in [-0.2, 0) is 32.9 Å². The predicted molar refractivity (Wildman–Crippen MR) is 139 cm³/mol. The summed E-state index contributed by atoms with van der Waals surface area (Å²) in [5.74, 6) is -1.43. The zero-order valence-electron chi connectivity index (χ0n) is 23.1. The van der Waals surface area contributed by atoms with Gasteiger partial charge in [-0.25, -0.2) is 15.2 Å². The van der Waals surface area contributed by atoms with Gasteiger partial charge in [-0.2, -0.15) is 9.97 Å². The Morgan fingerprint density at radius 1 is 1.20 bits per heavy atom. The summed E-state index contributed by atoms with van der Waals surface area (Å²) in [4.78, 5) is 36.7. The van der Waals surface area contributed by atoms with Crippen molar-refractivity contribution in [3.05, 3.63) is 6.33 Å². The topological polar surface area (TPSA) is 232 Å². The molecule has 0 spiro atoms. The van der Waals surface area contributed by atoms with E-state index in [1.54, 1.807) is 13.8 Å². The lowest BCUT2D eigenvalue weighted by Gasteiger charge is -2.28. The van der Waals surface area contributed by atoms with Crippen molar-refractivity contribution < 1.29 is 47.8 Å². The highest BCUT2D eigenvalue weighted by Crippen LogP contribution is 2.44. The number of hydrogen-bond acceptors (Lipinski definition) is 14. The molecule has 1 aliphatic rings. The van der Waals surface area contributed by atoms with Gasteiger partial charge in [-0.15, -0.1) is 0 Å². The smallest absolute Gasteiger partial charge is 0.342 e. The third-order valence-electron chi connectivity index (χ3n) is 6.04. The van der Waals surface area contributed by atoms with Crippen molar-refractivity contribution in [1.82, 2.24) is 29.7 Å². The van der Waals surface area contributed by atoms with Crippen LogP contribution >= 0.6 is 7.67 Å². The first-order chi connectivity index (χ1) is 18.8. The molecule has 40 heavy (non-hydrogen) atoms. The molecule has 0 saturated carbocycles. The first-order valence-corrected chi connectivity index (χ1v) is 14.1. The molecule has 0 radical (unpaired) electrons. The van der Waals surface area contributed by atoms with Crippen molar-refractivity contribution in [2.75, 3.05) is 32.7 Å². The fourth-order valence-corrected chi connectivity index (χ4v) is 5.85. The first-order valence-electron chi connectivity index (χ1n) is 12.5. The molecule has 6 N–H and O–H groups in total. The van der Waals surface area contributed by atoms with Gasteiger partial charge < -0.3 is 39.4 Å². The molecule has 2 aromatic rings. The van der Waals surface area contributed by atoms with Gasteiger partial charge in [0, 0.05) is 0 Å². The molecule has 6 atom stereocenters. The fraction of sp³-hybridized carbons (Fsp3) is 0.682. The Kier molecular flexibility index (Phi) is 10.1. The second-order valence-corrected chi connectivity index (χ2v) is 11.0. The number of nitrogens with zero attached hydrogens (tertiary/aromatic N) is 4. The zero-order chi connectivity index (χ0) is 29.8. The molecule has 0 aliphatic carbocycles. The Hall–Kier alpha value is -2.92. The van der Waals surface area contributed by atoms with Crippen LogP contribution in [0.5, 0.6) is 5.88 Å². The largest absolute Gasteiger partial charge is 0.479 e. The van der Waals surface area contributed by atoms with E-state index in [4.69, 9.17) is 29.2 Å². The van der Waals surface area contributed by atoms with Crippen LogP contribution < -0.4 is 20.6 Å². The molecule has 1 aliphatic heterocycles. The number of hydrogen-bond donors (Lipinski definition) is 5. The average molecular weight is 590 g/mol. The van der Waals surface area contributed by atoms with E-state index in [0.29, 0.717) is 0 Å². The van der Waals surface area contributed by atoms with Crippen LogP contribution in [0.25, 0.3) is 11.2 Å². The zero-order valence-corrected chi connectivity index (χ0v) is 24.0. The number of aliphatic hydroxyl groups excluding tert-OH is 1. The summed E-state index contributed by atoms with van der Waals surface area (Å²) in [6.07, 6.45) is -2.70. The number of esters is 2. The number of carbonyl (C=O) groups is 2. The van der Waals surface area contributed by atoms with E-state index in [0.717, 1.165) is 0 Å². The van der Waals surface area contributed by atoms with Crippen molar-refractivity contribution in [3.63, 3.8) is 0 Å². The molecule has 3 unspecified atom stereocenters. The van der Waals surface area contributed by atoms with Gasteiger partial charge in [0.25, 0.3) is 0 Å². The standard InChI is InChI=1S/C22H36N7O10P/c1-7-36-18(31)11(3)27-40(34,28-12(4)19(32)37-8-2)38-9-13-15(30)22(5,33)20(39-13)29-10-24-14-16(29)25-21(23)26-17(14)35-6/h10-13,15,20,30,33H,7-9H2,1-6H3,(H2,23,25,26)(H2,27,28,34)/t11?,12?,13-,15+,20-,22?,40?/m1/s1. The minimum Gasteiger partial charge on any atom is -0.479 e. The van der Waals surface area contributed by atoms with Crippen molar-refractivity contribution in [3.8, 4) is 5.88 Å². The van der Waals surface area contributed by atoms with E-state index < -0.39 is 62.3 Å². The maximum atomic E-state index is 13.7. The molecule has 0 aromatic carbocycles. The number of aliphatic hydroxyl groups is 2. The Balaban J connectivity index is 1.84. The van der Waals surface area contributed by atoms with Gasteiger partial charge in [-0.1, -0.05) is 0 Å². The molecule has 3 rings (SSSR count). The highest BCUT2D eigenvalue weighted by atomic mass is 31.2. The second-order valence-electron chi connectivity index (χ2n) is 9.17. The summed E-state index contributed by atoms with van der Waals surface area (Å²) in [5.41, 5.74) is 4.28. The summed E-state index contributed by atoms with van der Waals surface area (Å²) in [6.45, 7) is 7.00. The van der Waals surface area contributed by atoms with Gasteiger partial charge in [-0.05, 0) is 34.6 Å². The second kappa shape index (κ2) is 12.7. The van der Waals surface area contributed by atoms with Gasteiger partial charge in [0.1, 0.15) is 29.9 Å². The molecule has 1 fully saturated rings. The number of ether oxygens (including phenoxy) is 4. The van der Waals surface area contributed by atoms with Gasteiger partial charge >= 0.3 is 19.6 Å². The average Bonchev–Trinajstić information content (AvgIpc) is 3.40. The number of nitrogen functional groups attached to an aromatic ring is 1. The number of carbonyl (C=O) groups excluding carboxylic acids is 2. The molecule has 17 nitrogen and oxygen atoms in total. The lowest BCUT2D eigenvalue weighted by Crippen LogP contribution is -2.45. The van der Waals surface area contributed by atoms with E-state index in [-0.39, 0.29) is 36.2 Å². The Bertz CT molecular complexity index is 1230. The normalized spacial score (nSPS) is 25.8. The summed E-state index contributed by atoms with van der Waals surface area (Å²) in [6, 6.07) is -2.20. The number of rotatable bonds is 13. The summed E-state index contributed by atoms with van der Waals surface area (Å²) in [7, 11) is -2.81. The van der Waals surface area contributed by atoms with Crippen LogP contribution in [0.15, 0.2) is 6.33 Å². The summed E-state index contributed by atoms with van der Waals surface area (Å²) >= 11 is 0. The lowest BCUT2D eigenvalue weighted by molar-refractivity contribution is -0.145. The fourth-order valence-electron chi connectivity index (χ4n) is 4.04. The van der Waals surface area contributed by atoms with Crippen molar-refractivity contribution in [2.45, 2.75) is 70.7 Å². The van der Waals surface area contributed by atoms with E-state index in [1.165, 1.54) is 38.8 Å². The quantitative estimate of drug-likeness (QED) is 0.148. The molecular weight excluding hydrogens is 553 g/mol. The first kappa shape index (κ1) is 31.6. The van der Waals surface area contributed by atoms with Gasteiger partial charge in [-0.3, -0.25) is 18.7 Å². The van der Waals surface area contributed by atoms with E-state index >= 15 is 0 Å². The molecule has 1 saturated heterocycles. The van der Waals surface area contributed by atoms with Crippen LogP contribution in [0.3, 0.4) is 0 Å². The monoisotopic (exact) mass is 589 g/mol. The summed E-state index contributed by atoms with van der Waals surface area (Å²) < 4.78 is 41.7. The number of anilines is 1. The van der Waals surface area contributed by atoms with Gasteiger partial charge in [0.05, 0.1) is 33.3 Å². The van der Waals surface area contributed by atoms with Crippen LogP contribution in [0.2, 0.25) is 0 Å². The maximum absolute atomic E-state index is 13.7. The van der Waals surface area contributed by atoms with Crippen LogP contribution in [0.1, 0.15) is 40.8 Å². The number of imidazole rings is 1. The minimum absolute atomic E-state index is 0.0899. The molecule has 0 bridgehead atoms. The van der Waals surface area contributed by atoms with Gasteiger partial charge in [0.2, 0.25) is 11.8 Å². The lowest BCUT2D eigenvalue weighted by atomic mass is 9.96. The number of fused-ring (bicyclic) bond motifs is 1. The van der Waals surface area contributed by atoms with Crippen LogP contribution in [-0.4, -0.2) is 98.5 Å². The molecule has 224 valence electrons. The van der Waals surface area contributed by atoms with E-state index in [1.807, 2.05) is 0 Å². The maximum Gasteiger partial charge on any atom is 0.342 e. The third kappa shape index (κ3) is 6.68. The van der Waals surface area contributed by atoms with Crippen molar-refractivity contribution in [1.29, 1.82) is 0 Å². The third-order valence-corrected chi connectivity index (χ3v) is 8.00. The minimum atomic E-state index is -4.19.